The number of aromatic nitrogens is 2. The summed E-state index contributed by atoms with van der Waals surface area (Å²) >= 11 is 0. The smallest absolute Gasteiger partial charge is 0.224 e. The number of aryl methyl sites for hydroxylation is 2. The van der Waals surface area contributed by atoms with Gasteiger partial charge in [0.1, 0.15) is 5.82 Å². The highest BCUT2D eigenvalue weighted by molar-refractivity contribution is 5.42. The molecule has 1 aromatic carbocycles. The van der Waals surface area contributed by atoms with E-state index in [9.17, 15) is 0 Å². The molecule has 0 unspecified atom stereocenters. The molecule has 2 N–H and O–H groups in total. The highest BCUT2D eigenvalue weighted by atomic mass is 15.1. The van der Waals surface area contributed by atoms with Crippen molar-refractivity contribution < 1.29 is 0 Å². The Morgan fingerprint density at radius 1 is 1.00 bits per heavy atom. The Bertz CT molecular complexity index is 576. The standard InChI is InChI=1S/C17H24N4/c1-12(2)10-19-17-20-14(4)9-16(21-17)18-11-15-7-5-13(3)6-8-15/h5-9,12H,10-11H2,1-4H3,(H2,18,19,20,21). The van der Waals surface area contributed by atoms with Crippen molar-refractivity contribution in [3.8, 4) is 0 Å². The van der Waals surface area contributed by atoms with E-state index in [1.807, 2.05) is 13.0 Å². The van der Waals surface area contributed by atoms with Gasteiger partial charge < -0.3 is 10.6 Å². The first kappa shape index (κ1) is 15.3. The molecule has 2 rings (SSSR count). The molecular weight excluding hydrogens is 260 g/mol. The number of anilines is 2. The number of nitrogens with one attached hydrogen (secondary N) is 2. The fourth-order valence-electron chi connectivity index (χ4n) is 1.93. The molecule has 0 saturated carbocycles. The van der Waals surface area contributed by atoms with Crippen LogP contribution in [0, 0.1) is 19.8 Å². The largest absolute Gasteiger partial charge is 0.366 e. The number of nitrogens with zero attached hydrogens (tertiary/aromatic N) is 2. The summed E-state index contributed by atoms with van der Waals surface area (Å²) in [4.78, 5) is 8.91. The SMILES string of the molecule is Cc1ccc(CNc2cc(C)nc(NCC(C)C)n2)cc1. The Hall–Kier alpha value is -2.10. The van der Waals surface area contributed by atoms with Gasteiger partial charge in [0, 0.05) is 24.8 Å². The molecule has 0 aliphatic carbocycles. The maximum Gasteiger partial charge on any atom is 0.224 e. The first-order valence-electron chi connectivity index (χ1n) is 7.42. The van der Waals surface area contributed by atoms with Crippen molar-refractivity contribution in [2.24, 2.45) is 5.92 Å². The first-order valence-corrected chi connectivity index (χ1v) is 7.42. The molecule has 1 heterocycles. The van der Waals surface area contributed by atoms with Crippen molar-refractivity contribution in [3.05, 3.63) is 47.2 Å². The summed E-state index contributed by atoms with van der Waals surface area (Å²) in [6, 6.07) is 10.5. The Morgan fingerprint density at radius 2 is 1.71 bits per heavy atom. The fourth-order valence-corrected chi connectivity index (χ4v) is 1.93. The second kappa shape index (κ2) is 7.07. The van der Waals surface area contributed by atoms with Gasteiger partial charge in [-0.1, -0.05) is 43.7 Å². The van der Waals surface area contributed by atoms with Crippen LogP contribution in [0.25, 0.3) is 0 Å². The van der Waals surface area contributed by atoms with Crippen molar-refractivity contribution in [2.45, 2.75) is 34.2 Å². The maximum atomic E-state index is 4.50. The van der Waals surface area contributed by atoms with Crippen LogP contribution in [0.5, 0.6) is 0 Å². The van der Waals surface area contributed by atoms with Crippen LogP contribution in [-0.4, -0.2) is 16.5 Å². The van der Waals surface area contributed by atoms with Gasteiger partial charge in [0.05, 0.1) is 0 Å². The van der Waals surface area contributed by atoms with E-state index in [4.69, 9.17) is 0 Å². The molecule has 2 aromatic rings. The first-order chi connectivity index (χ1) is 10.0. The number of hydrogen-bond acceptors (Lipinski definition) is 4. The lowest BCUT2D eigenvalue weighted by molar-refractivity contribution is 0.684. The molecule has 4 nitrogen and oxygen atoms in total. The lowest BCUT2D eigenvalue weighted by Crippen LogP contribution is -2.12. The van der Waals surface area contributed by atoms with Gasteiger partial charge in [-0.15, -0.1) is 0 Å². The third-order valence-electron chi connectivity index (χ3n) is 3.12. The van der Waals surface area contributed by atoms with Crippen LogP contribution in [0.2, 0.25) is 0 Å². The Morgan fingerprint density at radius 3 is 2.38 bits per heavy atom. The zero-order valence-corrected chi connectivity index (χ0v) is 13.3. The van der Waals surface area contributed by atoms with Gasteiger partial charge in [-0.05, 0) is 25.3 Å². The predicted molar refractivity (Wildman–Crippen MR) is 88.6 cm³/mol. The van der Waals surface area contributed by atoms with Crippen molar-refractivity contribution in [3.63, 3.8) is 0 Å². The van der Waals surface area contributed by atoms with Crippen LogP contribution >= 0.6 is 0 Å². The number of hydrogen-bond donors (Lipinski definition) is 2. The van der Waals surface area contributed by atoms with Crippen molar-refractivity contribution in [2.75, 3.05) is 17.2 Å². The molecule has 0 fully saturated rings. The van der Waals surface area contributed by atoms with Crippen molar-refractivity contribution in [1.82, 2.24) is 9.97 Å². The normalized spacial score (nSPS) is 10.7. The summed E-state index contributed by atoms with van der Waals surface area (Å²) in [7, 11) is 0. The molecule has 0 spiro atoms. The van der Waals surface area contributed by atoms with Crippen LogP contribution in [-0.2, 0) is 6.54 Å². The monoisotopic (exact) mass is 284 g/mol. The minimum Gasteiger partial charge on any atom is -0.366 e. The lowest BCUT2D eigenvalue weighted by Gasteiger charge is -2.11. The molecule has 1 aromatic heterocycles. The average molecular weight is 284 g/mol. The van der Waals surface area contributed by atoms with E-state index in [1.54, 1.807) is 0 Å². The van der Waals surface area contributed by atoms with Crippen LogP contribution in [0.1, 0.15) is 30.7 Å². The number of rotatable bonds is 6. The molecule has 0 aliphatic rings. The molecule has 0 amide bonds. The minimum atomic E-state index is 0.568. The van der Waals surface area contributed by atoms with Crippen molar-refractivity contribution in [1.29, 1.82) is 0 Å². The van der Waals surface area contributed by atoms with Gasteiger partial charge in [0.15, 0.2) is 0 Å². The molecule has 0 atom stereocenters. The quantitative estimate of drug-likeness (QED) is 0.847. The summed E-state index contributed by atoms with van der Waals surface area (Å²) in [5.74, 6) is 2.11. The summed E-state index contributed by atoms with van der Waals surface area (Å²) < 4.78 is 0. The topological polar surface area (TPSA) is 49.8 Å². The summed E-state index contributed by atoms with van der Waals surface area (Å²) in [5.41, 5.74) is 3.48. The van der Waals surface area contributed by atoms with E-state index in [2.05, 4.69) is 65.6 Å². The second-order valence-corrected chi connectivity index (χ2v) is 5.83. The molecule has 0 radical (unpaired) electrons. The van der Waals surface area contributed by atoms with E-state index in [-0.39, 0.29) is 0 Å². The van der Waals surface area contributed by atoms with Crippen LogP contribution in [0.3, 0.4) is 0 Å². The summed E-state index contributed by atoms with van der Waals surface area (Å²) in [6.45, 7) is 10.1. The van der Waals surface area contributed by atoms with Crippen LogP contribution in [0.15, 0.2) is 30.3 Å². The third kappa shape index (κ3) is 5.06. The molecule has 0 saturated heterocycles. The minimum absolute atomic E-state index is 0.568. The zero-order valence-electron chi connectivity index (χ0n) is 13.3. The van der Waals surface area contributed by atoms with E-state index < -0.39 is 0 Å². The second-order valence-electron chi connectivity index (χ2n) is 5.83. The van der Waals surface area contributed by atoms with E-state index in [0.717, 1.165) is 24.6 Å². The summed E-state index contributed by atoms with van der Waals surface area (Å²) in [5, 5.41) is 6.63. The van der Waals surface area contributed by atoms with Crippen LogP contribution < -0.4 is 10.6 Å². The van der Waals surface area contributed by atoms with E-state index in [0.29, 0.717) is 11.9 Å². The van der Waals surface area contributed by atoms with Crippen molar-refractivity contribution >= 4 is 11.8 Å². The molecule has 0 bridgehead atoms. The molecule has 0 aliphatic heterocycles. The molecular formula is C17H24N4. The van der Waals surface area contributed by atoms with E-state index >= 15 is 0 Å². The van der Waals surface area contributed by atoms with Crippen LogP contribution in [0.4, 0.5) is 11.8 Å². The highest BCUT2D eigenvalue weighted by Crippen LogP contribution is 2.12. The highest BCUT2D eigenvalue weighted by Gasteiger charge is 2.03. The van der Waals surface area contributed by atoms with Gasteiger partial charge in [-0.2, -0.15) is 4.98 Å². The Kier molecular flexibility index (Phi) is 5.14. The molecule has 21 heavy (non-hydrogen) atoms. The zero-order chi connectivity index (χ0) is 15.2. The third-order valence-corrected chi connectivity index (χ3v) is 3.12. The fraction of sp³-hybridized carbons (Fsp3) is 0.412. The maximum absolute atomic E-state index is 4.50. The predicted octanol–water partition coefficient (Wildman–Crippen LogP) is 3.77. The Balaban J connectivity index is 2.00. The van der Waals surface area contributed by atoms with Gasteiger partial charge >= 0.3 is 0 Å². The van der Waals surface area contributed by atoms with Gasteiger partial charge in [0.25, 0.3) is 0 Å². The van der Waals surface area contributed by atoms with Gasteiger partial charge in [-0.3, -0.25) is 0 Å². The van der Waals surface area contributed by atoms with Gasteiger partial charge in [-0.25, -0.2) is 4.98 Å². The average Bonchev–Trinajstić information content (AvgIpc) is 2.44. The summed E-state index contributed by atoms with van der Waals surface area (Å²) in [6.07, 6.45) is 0. The Labute approximate surface area is 127 Å². The lowest BCUT2D eigenvalue weighted by atomic mass is 10.1. The molecule has 4 heteroatoms. The number of benzene rings is 1. The molecule has 112 valence electrons. The van der Waals surface area contributed by atoms with E-state index in [1.165, 1.54) is 11.1 Å². The van der Waals surface area contributed by atoms with Gasteiger partial charge in [0.2, 0.25) is 5.95 Å².